The van der Waals surface area contributed by atoms with Gasteiger partial charge in [-0.2, -0.15) is 0 Å². The van der Waals surface area contributed by atoms with E-state index in [1.165, 1.54) is 13.2 Å². The molecule has 0 saturated carbocycles. The van der Waals surface area contributed by atoms with E-state index in [9.17, 15) is 9.18 Å². The largest absolute Gasteiger partial charge is 0.494 e. The smallest absolute Gasteiger partial charge is 0.316 e. The summed E-state index contributed by atoms with van der Waals surface area (Å²) < 4.78 is 26.2. The molecule has 0 amide bonds. The molecule has 0 bridgehead atoms. The number of rotatable bonds is 7. The lowest BCUT2D eigenvalue weighted by Crippen LogP contribution is -2.06. The van der Waals surface area contributed by atoms with E-state index in [4.69, 9.17) is 4.74 Å². The Morgan fingerprint density at radius 1 is 1.15 bits per heavy atom. The first-order valence-electron chi connectivity index (χ1n) is 8.27. The van der Waals surface area contributed by atoms with Gasteiger partial charge in [-0.3, -0.25) is 9.36 Å². The van der Waals surface area contributed by atoms with Gasteiger partial charge in [-0.1, -0.05) is 23.9 Å². The molecular weight excluding hydrogens is 369 g/mol. The van der Waals surface area contributed by atoms with Gasteiger partial charge < -0.3 is 9.47 Å². The number of methoxy groups -OCH3 is 1. The van der Waals surface area contributed by atoms with E-state index in [2.05, 4.69) is 14.9 Å². The molecule has 0 aliphatic carbocycles. The number of hydrogen-bond acceptors (Lipinski definition) is 6. The topological polar surface area (TPSA) is 66.2 Å². The van der Waals surface area contributed by atoms with Crippen LogP contribution in [-0.2, 0) is 9.53 Å². The molecule has 0 saturated heterocycles. The van der Waals surface area contributed by atoms with E-state index in [-0.39, 0.29) is 5.75 Å². The average Bonchev–Trinajstić information content (AvgIpc) is 3.11. The summed E-state index contributed by atoms with van der Waals surface area (Å²) in [5, 5.41) is 8.76. The molecule has 0 atom stereocenters. The number of halogens is 1. The molecule has 140 valence electrons. The SMILES string of the molecule is CCOc1ccc(-c2nnc(SCC(=O)OC)n2-c2ccccc2F)cc1. The molecule has 0 aliphatic heterocycles. The number of para-hydroxylation sites is 1. The summed E-state index contributed by atoms with van der Waals surface area (Å²) in [7, 11) is 1.32. The fourth-order valence-electron chi connectivity index (χ4n) is 2.45. The van der Waals surface area contributed by atoms with Crippen LogP contribution in [0.4, 0.5) is 4.39 Å². The Balaban J connectivity index is 2.04. The number of carbonyl (C=O) groups excluding carboxylic acids is 1. The monoisotopic (exact) mass is 387 g/mol. The fraction of sp³-hybridized carbons (Fsp3) is 0.211. The van der Waals surface area contributed by atoms with Crippen LogP contribution in [0.5, 0.6) is 5.75 Å². The van der Waals surface area contributed by atoms with E-state index >= 15 is 0 Å². The number of ether oxygens (including phenoxy) is 2. The Labute approximate surface area is 160 Å². The summed E-state index contributed by atoms with van der Waals surface area (Å²) in [5.74, 6) is 0.441. The Bertz CT molecular complexity index is 928. The summed E-state index contributed by atoms with van der Waals surface area (Å²) >= 11 is 1.13. The van der Waals surface area contributed by atoms with Crippen LogP contribution < -0.4 is 4.74 Å². The molecule has 8 heteroatoms. The number of thioether (sulfide) groups is 1. The Morgan fingerprint density at radius 3 is 2.56 bits per heavy atom. The van der Waals surface area contributed by atoms with Crippen LogP contribution >= 0.6 is 11.8 Å². The van der Waals surface area contributed by atoms with Crippen molar-refractivity contribution in [2.75, 3.05) is 19.5 Å². The van der Waals surface area contributed by atoms with Gasteiger partial charge >= 0.3 is 5.97 Å². The lowest BCUT2D eigenvalue weighted by Gasteiger charge is -2.11. The van der Waals surface area contributed by atoms with Gasteiger partial charge in [0.2, 0.25) is 0 Å². The van der Waals surface area contributed by atoms with E-state index in [0.29, 0.717) is 23.3 Å². The van der Waals surface area contributed by atoms with Crippen LogP contribution in [0.1, 0.15) is 6.92 Å². The molecule has 0 unspecified atom stereocenters. The Morgan fingerprint density at radius 2 is 1.89 bits per heavy atom. The Hall–Kier alpha value is -2.87. The van der Waals surface area contributed by atoms with E-state index in [1.807, 2.05) is 31.2 Å². The zero-order valence-electron chi connectivity index (χ0n) is 14.9. The highest BCUT2D eigenvalue weighted by Crippen LogP contribution is 2.30. The van der Waals surface area contributed by atoms with Crippen LogP contribution in [0, 0.1) is 5.82 Å². The maximum atomic E-state index is 14.5. The van der Waals surface area contributed by atoms with Gasteiger partial charge in [0, 0.05) is 5.56 Å². The summed E-state index contributed by atoms with van der Waals surface area (Å²) in [6.45, 7) is 2.48. The molecule has 6 nitrogen and oxygen atoms in total. The maximum Gasteiger partial charge on any atom is 0.316 e. The summed E-state index contributed by atoms with van der Waals surface area (Å²) in [6, 6.07) is 13.7. The number of benzene rings is 2. The lowest BCUT2D eigenvalue weighted by molar-refractivity contribution is -0.137. The quantitative estimate of drug-likeness (QED) is 0.455. The van der Waals surface area contributed by atoms with Crippen LogP contribution in [0.3, 0.4) is 0 Å². The van der Waals surface area contributed by atoms with Crippen molar-refractivity contribution in [3.63, 3.8) is 0 Å². The molecule has 3 aromatic rings. The lowest BCUT2D eigenvalue weighted by atomic mass is 10.2. The van der Waals surface area contributed by atoms with Crippen molar-refractivity contribution in [3.8, 4) is 22.8 Å². The van der Waals surface area contributed by atoms with Crippen molar-refractivity contribution in [3.05, 3.63) is 54.3 Å². The van der Waals surface area contributed by atoms with Crippen molar-refractivity contribution in [1.82, 2.24) is 14.8 Å². The number of hydrogen-bond donors (Lipinski definition) is 0. The zero-order chi connectivity index (χ0) is 19.2. The van der Waals surface area contributed by atoms with Gasteiger partial charge in [0.05, 0.1) is 25.2 Å². The van der Waals surface area contributed by atoms with E-state index < -0.39 is 11.8 Å². The number of carbonyl (C=O) groups is 1. The van der Waals surface area contributed by atoms with Crippen molar-refractivity contribution >= 4 is 17.7 Å². The molecule has 27 heavy (non-hydrogen) atoms. The molecule has 2 aromatic carbocycles. The number of esters is 1. The normalized spacial score (nSPS) is 10.6. The third-order valence-corrected chi connectivity index (χ3v) is 4.60. The Kier molecular flexibility index (Phi) is 6.08. The molecule has 0 aliphatic rings. The third-order valence-electron chi connectivity index (χ3n) is 3.70. The maximum absolute atomic E-state index is 14.5. The van der Waals surface area contributed by atoms with Gasteiger partial charge in [0.1, 0.15) is 11.6 Å². The molecule has 0 radical (unpaired) electrons. The fourth-order valence-corrected chi connectivity index (χ4v) is 3.23. The standard InChI is InChI=1S/C19H18FN3O3S/c1-3-26-14-10-8-13(9-11-14)18-21-22-19(27-12-17(24)25-2)23(18)16-7-5-4-6-15(16)20/h4-11H,3,12H2,1-2H3. The minimum Gasteiger partial charge on any atom is -0.494 e. The molecule has 0 fully saturated rings. The molecule has 1 aromatic heterocycles. The summed E-state index contributed by atoms with van der Waals surface area (Å²) in [5.41, 5.74) is 1.05. The second-order valence-corrected chi connectivity index (χ2v) is 6.36. The molecule has 0 spiro atoms. The summed E-state index contributed by atoms with van der Waals surface area (Å²) in [4.78, 5) is 11.5. The highest BCUT2D eigenvalue weighted by atomic mass is 32.2. The average molecular weight is 387 g/mol. The van der Waals surface area contributed by atoms with Crippen LogP contribution in [0.15, 0.2) is 53.7 Å². The minimum atomic E-state index is -0.413. The minimum absolute atomic E-state index is 0.0480. The van der Waals surface area contributed by atoms with Gasteiger partial charge in [0.15, 0.2) is 11.0 Å². The molecular formula is C19H18FN3O3S. The second-order valence-electron chi connectivity index (χ2n) is 5.42. The van der Waals surface area contributed by atoms with Gasteiger partial charge in [-0.05, 0) is 43.3 Å². The first-order chi connectivity index (χ1) is 13.1. The number of aromatic nitrogens is 3. The summed E-state index contributed by atoms with van der Waals surface area (Å²) in [6.07, 6.45) is 0. The highest BCUT2D eigenvalue weighted by Gasteiger charge is 2.19. The third kappa shape index (κ3) is 4.28. The molecule has 3 rings (SSSR count). The molecule has 0 N–H and O–H groups in total. The van der Waals surface area contributed by atoms with Gasteiger partial charge in [-0.25, -0.2) is 4.39 Å². The first-order valence-corrected chi connectivity index (χ1v) is 9.25. The van der Waals surface area contributed by atoms with Crippen LogP contribution in [0.2, 0.25) is 0 Å². The highest BCUT2D eigenvalue weighted by molar-refractivity contribution is 7.99. The van der Waals surface area contributed by atoms with Crippen LogP contribution in [0.25, 0.3) is 17.1 Å². The predicted octanol–water partition coefficient (Wildman–Crippen LogP) is 3.74. The van der Waals surface area contributed by atoms with Crippen molar-refractivity contribution in [2.24, 2.45) is 0 Å². The van der Waals surface area contributed by atoms with Gasteiger partial charge in [-0.15, -0.1) is 10.2 Å². The van der Waals surface area contributed by atoms with E-state index in [0.717, 1.165) is 23.1 Å². The van der Waals surface area contributed by atoms with Crippen LogP contribution in [-0.4, -0.2) is 40.2 Å². The number of nitrogens with zero attached hydrogens (tertiary/aromatic N) is 3. The van der Waals surface area contributed by atoms with Crippen molar-refractivity contribution in [1.29, 1.82) is 0 Å². The van der Waals surface area contributed by atoms with Crippen molar-refractivity contribution in [2.45, 2.75) is 12.1 Å². The first kappa shape index (κ1) is 18.9. The van der Waals surface area contributed by atoms with Crippen molar-refractivity contribution < 1.29 is 18.7 Å². The zero-order valence-corrected chi connectivity index (χ0v) is 15.7. The second kappa shape index (κ2) is 8.68. The van der Waals surface area contributed by atoms with E-state index in [1.54, 1.807) is 22.8 Å². The molecule has 1 heterocycles. The van der Waals surface area contributed by atoms with Gasteiger partial charge in [0.25, 0.3) is 0 Å². The predicted molar refractivity (Wildman–Crippen MR) is 101 cm³/mol.